The number of esters is 1. The number of carbonyl (C=O) groups excluding carboxylic acids is 3. The molecule has 0 saturated carbocycles. The van der Waals surface area contributed by atoms with Gasteiger partial charge in [-0.3, -0.25) is 9.59 Å². The fraction of sp³-hybridized carbons (Fsp3) is 0.227. The Labute approximate surface area is 163 Å². The van der Waals surface area contributed by atoms with Gasteiger partial charge in [-0.2, -0.15) is 0 Å². The molecule has 144 valence electrons. The topological polar surface area (TPSA) is 75.7 Å². The Morgan fingerprint density at radius 3 is 2.50 bits per heavy atom. The van der Waals surface area contributed by atoms with Gasteiger partial charge >= 0.3 is 5.97 Å². The van der Waals surface area contributed by atoms with E-state index in [1.165, 1.54) is 13.2 Å². The van der Waals surface area contributed by atoms with Crippen molar-refractivity contribution in [1.82, 2.24) is 0 Å². The summed E-state index contributed by atoms with van der Waals surface area (Å²) in [5, 5.41) is 2.72. The van der Waals surface area contributed by atoms with Crippen molar-refractivity contribution in [3.63, 3.8) is 0 Å². The highest BCUT2D eigenvalue weighted by Crippen LogP contribution is 2.27. The molecule has 1 aliphatic heterocycles. The monoisotopic (exact) mass is 378 g/mol. The van der Waals surface area contributed by atoms with E-state index >= 15 is 0 Å². The van der Waals surface area contributed by atoms with Gasteiger partial charge in [-0.15, -0.1) is 0 Å². The molecule has 0 spiro atoms. The van der Waals surface area contributed by atoms with Gasteiger partial charge in [-0.05, 0) is 55.7 Å². The Kier molecular flexibility index (Phi) is 5.89. The van der Waals surface area contributed by atoms with Crippen molar-refractivity contribution < 1.29 is 19.1 Å². The molecule has 0 aromatic heterocycles. The van der Waals surface area contributed by atoms with Crippen LogP contribution in [0.15, 0.2) is 60.2 Å². The van der Waals surface area contributed by atoms with E-state index in [0.29, 0.717) is 23.4 Å². The third kappa shape index (κ3) is 4.28. The summed E-state index contributed by atoms with van der Waals surface area (Å²) in [6.07, 6.45) is 3.21. The van der Waals surface area contributed by atoms with Crippen molar-refractivity contribution in [2.75, 3.05) is 23.9 Å². The molecule has 0 fully saturated rings. The largest absolute Gasteiger partial charge is 0.465 e. The molecule has 0 atom stereocenters. The maximum absolute atomic E-state index is 12.7. The first-order valence-corrected chi connectivity index (χ1v) is 9.07. The molecule has 1 heterocycles. The summed E-state index contributed by atoms with van der Waals surface area (Å²) in [5.41, 5.74) is 3.28. The lowest BCUT2D eigenvalue weighted by Crippen LogP contribution is -2.34. The zero-order valence-electron chi connectivity index (χ0n) is 15.9. The van der Waals surface area contributed by atoms with Crippen LogP contribution in [0.5, 0.6) is 0 Å². The van der Waals surface area contributed by atoms with E-state index < -0.39 is 5.97 Å². The number of nitrogens with one attached hydrogen (secondary N) is 1. The van der Waals surface area contributed by atoms with E-state index in [1.54, 1.807) is 36.1 Å². The minimum Gasteiger partial charge on any atom is -0.465 e. The first-order chi connectivity index (χ1) is 13.5. The summed E-state index contributed by atoms with van der Waals surface area (Å²) in [5.74, 6) is -1.02. The molecule has 1 N–H and O–H groups in total. The second kappa shape index (κ2) is 8.52. The normalized spacial score (nSPS) is 13.5. The van der Waals surface area contributed by atoms with Crippen LogP contribution in [0, 0.1) is 0 Å². The number of hydrogen-bond acceptors (Lipinski definition) is 4. The highest BCUT2D eigenvalue weighted by Gasteiger charge is 2.21. The standard InChI is InChI=1S/C22H22N2O4/c1-15(21(26)23-18-11-9-17(10-12-18)22(27)28-2)14-20(25)24-13-5-7-16-6-3-4-8-19(16)24/h3-4,6,8-12,14H,5,7,13H2,1-2H3,(H,23,26)/b15-14+. The molecule has 2 aromatic rings. The summed E-state index contributed by atoms with van der Waals surface area (Å²) >= 11 is 0. The average molecular weight is 378 g/mol. The number of hydrogen-bond donors (Lipinski definition) is 1. The maximum atomic E-state index is 12.7. The molecule has 0 saturated heterocycles. The van der Waals surface area contributed by atoms with E-state index in [9.17, 15) is 14.4 Å². The van der Waals surface area contributed by atoms with Crippen LogP contribution in [0.1, 0.15) is 29.3 Å². The van der Waals surface area contributed by atoms with E-state index in [0.717, 1.165) is 24.1 Å². The highest BCUT2D eigenvalue weighted by atomic mass is 16.5. The van der Waals surface area contributed by atoms with Crippen LogP contribution in [0.2, 0.25) is 0 Å². The number of carbonyl (C=O) groups is 3. The lowest BCUT2D eigenvalue weighted by molar-refractivity contribution is -0.116. The van der Waals surface area contributed by atoms with Crippen molar-refractivity contribution in [2.24, 2.45) is 0 Å². The molecule has 0 radical (unpaired) electrons. The van der Waals surface area contributed by atoms with E-state index in [4.69, 9.17) is 0 Å². The van der Waals surface area contributed by atoms with Crippen LogP contribution in [0.3, 0.4) is 0 Å². The Hall–Kier alpha value is -3.41. The summed E-state index contributed by atoms with van der Waals surface area (Å²) in [4.78, 5) is 38.3. The van der Waals surface area contributed by atoms with Gasteiger partial charge in [-0.1, -0.05) is 18.2 Å². The Morgan fingerprint density at radius 1 is 1.07 bits per heavy atom. The number of rotatable bonds is 4. The minimum atomic E-state index is -0.443. The number of methoxy groups -OCH3 is 1. The first kappa shape index (κ1) is 19.4. The summed E-state index contributed by atoms with van der Waals surface area (Å²) in [6, 6.07) is 14.2. The number of anilines is 2. The molecule has 3 rings (SSSR count). The number of fused-ring (bicyclic) bond motifs is 1. The lowest BCUT2D eigenvalue weighted by atomic mass is 10.0. The fourth-order valence-electron chi connectivity index (χ4n) is 3.13. The Morgan fingerprint density at radius 2 is 1.79 bits per heavy atom. The molecule has 28 heavy (non-hydrogen) atoms. The second-order valence-electron chi connectivity index (χ2n) is 6.57. The maximum Gasteiger partial charge on any atom is 0.337 e. The molecular weight excluding hydrogens is 356 g/mol. The van der Waals surface area contributed by atoms with Crippen LogP contribution in [-0.2, 0) is 20.7 Å². The van der Waals surface area contributed by atoms with Gasteiger partial charge in [0.25, 0.3) is 11.8 Å². The number of ether oxygens (including phenoxy) is 1. The van der Waals surface area contributed by atoms with Crippen molar-refractivity contribution in [3.8, 4) is 0 Å². The molecule has 0 aliphatic carbocycles. The van der Waals surface area contributed by atoms with E-state index in [2.05, 4.69) is 10.1 Å². The van der Waals surface area contributed by atoms with Crippen LogP contribution < -0.4 is 10.2 Å². The van der Waals surface area contributed by atoms with Gasteiger partial charge in [0.15, 0.2) is 0 Å². The molecule has 0 bridgehead atoms. The Bertz CT molecular complexity index is 932. The number of nitrogens with zero attached hydrogens (tertiary/aromatic N) is 1. The first-order valence-electron chi connectivity index (χ1n) is 9.07. The fourth-order valence-corrected chi connectivity index (χ4v) is 3.13. The molecule has 2 amide bonds. The zero-order chi connectivity index (χ0) is 20.1. The molecule has 6 nitrogen and oxygen atoms in total. The summed E-state index contributed by atoms with van der Waals surface area (Å²) < 4.78 is 4.64. The number of aryl methyl sites for hydroxylation is 1. The quantitative estimate of drug-likeness (QED) is 0.654. The smallest absolute Gasteiger partial charge is 0.337 e. The predicted molar refractivity (Wildman–Crippen MR) is 107 cm³/mol. The van der Waals surface area contributed by atoms with Gasteiger partial charge in [-0.25, -0.2) is 4.79 Å². The molecule has 0 unspecified atom stereocenters. The number of amides is 2. The number of para-hydroxylation sites is 1. The van der Waals surface area contributed by atoms with Gasteiger partial charge in [0.2, 0.25) is 0 Å². The second-order valence-corrected chi connectivity index (χ2v) is 6.57. The zero-order valence-corrected chi connectivity index (χ0v) is 15.9. The van der Waals surface area contributed by atoms with Crippen LogP contribution in [0.25, 0.3) is 0 Å². The number of benzene rings is 2. The summed E-state index contributed by atoms with van der Waals surface area (Å²) in [7, 11) is 1.31. The van der Waals surface area contributed by atoms with Crippen LogP contribution in [-0.4, -0.2) is 31.4 Å². The van der Waals surface area contributed by atoms with Crippen LogP contribution in [0.4, 0.5) is 11.4 Å². The van der Waals surface area contributed by atoms with Crippen molar-refractivity contribution >= 4 is 29.2 Å². The lowest BCUT2D eigenvalue weighted by Gasteiger charge is -2.28. The van der Waals surface area contributed by atoms with Gasteiger partial charge in [0.1, 0.15) is 0 Å². The summed E-state index contributed by atoms with van der Waals surface area (Å²) in [6.45, 7) is 2.24. The van der Waals surface area contributed by atoms with E-state index in [-0.39, 0.29) is 11.8 Å². The van der Waals surface area contributed by atoms with Crippen molar-refractivity contribution in [1.29, 1.82) is 0 Å². The molecule has 6 heteroatoms. The molecule has 2 aromatic carbocycles. The molecule has 1 aliphatic rings. The predicted octanol–water partition coefficient (Wildman–Crippen LogP) is 3.34. The van der Waals surface area contributed by atoms with Crippen molar-refractivity contribution in [2.45, 2.75) is 19.8 Å². The van der Waals surface area contributed by atoms with Gasteiger partial charge in [0.05, 0.1) is 12.7 Å². The van der Waals surface area contributed by atoms with E-state index in [1.807, 2.05) is 24.3 Å². The van der Waals surface area contributed by atoms with Gasteiger partial charge in [0, 0.05) is 29.6 Å². The third-order valence-electron chi connectivity index (χ3n) is 4.64. The van der Waals surface area contributed by atoms with Crippen LogP contribution >= 0.6 is 0 Å². The Balaban J connectivity index is 1.68. The highest BCUT2D eigenvalue weighted by molar-refractivity contribution is 6.11. The van der Waals surface area contributed by atoms with Gasteiger partial charge < -0.3 is 15.0 Å². The third-order valence-corrected chi connectivity index (χ3v) is 4.64. The average Bonchev–Trinajstić information content (AvgIpc) is 2.73. The SMILES string of the molecule is COC(=O)c1ccc(NC(=O)/C(C)=C/C(=O)N2CCCc3ccccc32)cc1. The molecular formula is C22H22N2O4. The minimum absolute atomic E-state index is 0.208. The van der Waals surface area contributed by atoms with Crippen molar-refractivity contribution in [3.05, 3.63) is 71.3 Å².